The molecule has 0 aromatic carbocycles. The zero-order chi connectivity index (χ0) is 55.6. The van der Waals surface area contributed by atoms with Gasteiger partial charge in [-0.2, -0.15) is 0 Å². The molecule has 0 aromatic rings. The lowest BCUT2D eigenvalue weighted by Crippen LogP contribution is -2.54. The molecular formula is C70H95N5O4. The molecule has 1 amide bonds. The topological polar surface area (TPSA) is 125 Å². The molecule has 4 fully saturated rings. The number of nitrogens with one attached hydrogen (secondary N) is 2. The first-order valence-corrected chi connectivity index (χ1v) is 31.6. The Kier molecular flexibility index (Phi) is 17.6. The zero-order valence-electron chi connectivity index (χ0n) is 49.7. The van der Waals surface area contributed by atoms with E-state index in [4.69, 9.17) is 19.7 Å². The van der Waals surface area contributed by atoms with Gasteiger partial charge in [0.15, 0.2) is 0 Å². The number of hydrogen-bond acceptors (Lipinski definition) is 8. The lowest BCUT2D eigenvalue weighted by atomic mass is 9.48. The molecule has 3 N–H and O–H groups in total. The number of aliphatic imine (C=N–C) groups is 3. The molecule has 5 aliphatic heterocycles. The van der Waals surface area contributed by atoms with Crippen LogP contribution >= 0.6 is 0 Å². The molecule has 9 nitrogen and oxygen atoms in total. The van der Waals surface area contributed by atoms with Gasteiger partial charge < -0.3 is 20.5 Å². The average molecular weight is 1070 g/mol. The van der Waals surface area contributed by atoms with Crippen molar-refractivity contribution in [1.29, 1.82) is 0 Å². The highest BCUT2D eigenvalue weighted by Crippen LogP contribution is 2.65. The van der Waals surface area contributed by atoms with Gasteiger partial charge >= 0.3 is 5.97 Å². The summed E-state index contributed by atoms with van der Waals surface area (Å²) in [5.41, 5.74) is 16.3. The van der Waals surface area contributed by atoms with Gasteiger partial charge in [0.25, 0.3) is 0 Å². The smallest absolute Gasteiger partial charge is 0.306 e. The van der Waals surface area contributed by atoms with E-state index in [1.165, 1.54) is 88.2 Å². The van der Waals surface area contributed by atoms with Crippen LogP contribution in [0, 0.1) is 40.4 Å². The van der Waals surface area contributed by atoms with Gasteiger partial charge in [-0.05, 0) is 180 Å². The van der Waals surface area contributed by atoms with Gasteiger partial charge in [0.2, 0.25) is 5.91 Å². The normalized spacial score (nSPS) is 30.7. The molecule has 8 bridgehead atoms. The second kappa shape index (κ2) is 24.4. The van der Waals surface area contributed by atoms with Gasteiger partial charge in [-0.25, -0.2) is 15.0 Å². The Morgan fingerprint density at radius 3 is 2.29 bits per heavy atom. The molecule has 9 heteroatoms. The molecule has 10 aliphatic rings. The Labute approximate surface area is 474 Å². The van der Waals surface area contributed by atoms with E-state index in [0.29, 0.717) is 49.2 Å². The SMILES string of the molecule is C=CC1=C(C)C2=NC1=CC1=NC(=CC3=C(C)C4=C(O)CC(=C5NC(=C2)[C@H](C)[C@@H]5CCC(=O)NC2CCC5C6CC=C7C[C@@H](OC(=O)CCCCCCC/C=C\CCCCCCCC)CC[C@]7(C)C6CC[C@]25C)C4=N3)C(CC)=C1C. The Balaban J connectivity index is 0.745. The van der Waals surface area contributed by atoms with Crippen LogP contribution in [0.4, 0.5) is 0 Å². The summed E-state index contributed by atoms with van der Waals surface area (Å²) in [5, 5.41) is 19.2. The maximum Gasteiger partial charge on any atom is 0.306 e. The van der Waals surface area contributed by atoms with Crippen molar-refractivity contribution >= 4 is 29.0 Å². The molecule has 4 unspecified atom stereocenters. The van der Waals surface area contributed by atoms with Crippen LogP contribution in [0.2, 0.25) is 0 Å². The predicted molar refractivity (Wildman–Crippen MR) is 324 cm³/mol. The van der Waals surface area contributed by atoms with Crippen LogP contribution in [0.1, 0.15) is 222 Å². The van der Waals surface area contributed by atoms with Crippen molar-refractivity contribution in [1.82, 2.24) is 10.6 Å². The van der Waals surface area contributed by atoms with Crippen molar-refractivity contribution in [3.8, 4) is 0 Å². The lowest BCUT2D eigenvalue weighted by Gasteiger charge is -2.58. The summed E-state index contributed by atoms with van der Waals surface area (Å²) in [6.07, 6.45) is 43.3. The molecule has 0 spiro atoms. The Hall–Kier alpha value is -5.31. The molecule has 424 valence electrons. The van der Waals surface area contributed by atoms with E-state index in [-0.39, 0.29) is 46.7 Å². The van der Waals surface area contributed by atoms with E-state index in [0.717, 1.165) is 143 Å². The van der Waals surface area contributed by atoms with Crippen LogP contribution in [-0.2, 0) is 14.3 Å². The fourth-order valence-corrected chi connectivity index (χ4v) is 16.5. The second-order valence-corrected chi connectivity index (χ2v) is 26.0. The van der Waals surface area contributed by atoms with Crippen molar-refractivity contribution in [3.05, 3.63) is 128 Å². The number of nitrogens with zero attached hydrogens (tertiary/aromatic N) is 3. The molecule has 0 aromatic heterocycles. The van der Waals surface area contributed by atoms with Crippen molar-refractivity contribution in [3.63, 3.8) is 0 Å². The quantitative estimate of drug-likeness (QED) is 0.0566. The third-order valence-electron chi connectivity index (χ3n) is 21.3. The maximum absolute atomic E-state index is 14.4. The van der Waals surface area contributed by atoms with Crippen molar-refractivity contribution in [2.45, 2.75) is 234 Å². The Morgan fingerprint density at radius 2 is 1.54 bits per heavy atom. The first-order chi connectivity index (χ1) is 38.2. The molecule has 5 heterocycles. The van der Waals surface area contributed by atoms with Crippen LogP contribution in [-0.4, -0.2) is 46.3 Å². The van der Waals surface area contributed by atoms with E-state index < -0.39 is 0 Å². The minimum atomic E-state index is -0.00566. The number of unbranched alkanes of at least 4 members (excludes halogenated alkanes) is 11. The summed E-state index contributed by atoms with van der Waals surface area (Å²) in [7, 11) is 0. The number of hydrogen-bond donors (Lipinski definition) is 3. The number of allylic oxidation sites excluding steroid dienone is 15. The van der Waals surface area contributed by atoms with Crippen molar-refractivity contribution in [2.24, 2.45) is 55.4 Å². The molecule has 3 saturated carbocycles. The average Bonchev–Trinajstić information content (AvgIpc) is 4.33. The van der Waals surface area contributed by atoms with Gasteiger partial charge in [0, 0.05) is 71.7 Å². The molecule has 79 heavy (non-hydrogen) atoms. The highest BCUT2D eigenvalue weighted by molar-refractivity contribution is 6.21. The largest absolute Gasteiger partial charge is 0.511 e. The van der Waals surface area contributed by atoms with Crippen molar-refractivity contribution < 1.29 is 19.4 Å². The Morgan fingerprint density at radius 1 is 0.823 bits per heavy atom. The summed E-state index contributed by atoms with van der Waals surface area (Å²) in [6.45, 7) is 22.2. The third kappa shape index (κ3) is 11.4. The number of carbonyl (C=O) groups excluding carboxylic acids is 2. The monoisotopic (exact) mass is 1070 g/mol. The van der Waals surface area contributed by atoms with E-state index in [1.807, 2.05) is 6.08 Å². The number of amides is 1. The summed E-state index contributed by atoms with van der Waals surface area (Å²) in [4.78, 5) is 43.2. The standard InChI is InChI=1S/C70H95N5O4/c1-10-13-14-15-16-17-18-19-20-21-22-23-24-25-26-27-65(78)79-48-34-36-69(8)47(38-48)28-29-52-54-31-32-63(70(54,9)37-35-55(52)69)75-64(77)33-30-51-45(6)58-40-56-43(4)49(11-2)60(71-56)41-57-44(5)50(12-3)61(72-57)42-59-46(7)66-62(76)39-53(67(51)73-58)68(66)74-59/h11,19-20,28,40-42,45,48,51-52,54-55,63,73,76H,2,10,12-18,21-27,29-39H2,1,3-9H3,(H,75,77)/b20-19-,58-40?,60-41?,61-42?,67-53?/t45-,48+,51+,52?,54?,55?,63?,69+,70+/m1/s1. The van der Waals surface area contributed by atoms with Gasteiger partial charge in [0.1, 0.15) is 11.9 Å². The molecular weight excluding hydrogens is 975 g/mol. The highest BCUT2D eigenvalue weighted by atomic mass is 16.5. The highest BCUT2D eigenvalue weighted by Gasteiger charge is 2.59. The van der Waals surface area contributed by atoms with Crippen LogP contribution in [0.25, 0.3) is 0 Å². The second-order valence-electron chi connectivity index (χ2n) is 26.0. The van der Waals surface area contributed by atoms with Crippen LogP contribution < -0.4 is 10.6 Å². The van der Waals surface area contributed by atoms with Gasteiger partial charge in [0.05, 0.1) is 34.2 Å². The third-order valence-corrected chi connectivity index (χ3v) is 21.3. The zero-order valence-corrected chi connectivity index (χ0v) is 49.7. The van der Waals surface area contributed by atoms with E-state index in [2.05, 4.69) is 109 Å². The van der Waals surface area contributed by atoms with Crippen LogP contribution in [0.5, 0.6) is 0 Å². The van der Waals surface area contributed by atoms with Gasteiger partial charge in [-0.3, -0.25) is 9.59 Å². The number of rotatable bonds is 22. The van der Waals surface area contributed by atoms with Gasteiger partial charge in [-0.15, -0.1) is 0 Å². The predicted octanol–water partition coefficient (Wildman–Crippen LogP) is 17.0. The summed E-state index contributed by atoms with van der Waals surface area (Å²) >= 11 is 0. The van der Waals surface area contributed by atoms with Crippen LogP contribution in [0.3, 0.4) is 0 Å². The van der Waals surface area contributed by atoms with E-state index in [9.17, 15) is 14.7 Å². The molecule has 1 saturated heterocycles. The minimum Gasteiger partial charge on any atom is -0.511 e. The van der Waals surface area contributed by atoms with Crippen molar-refractivity contribution in [2.75, 3.05) is 0 Å². The summed E-state index contributed by atoms with van der Waals surface area (Å²) in [6, 6.07) is 0.160. The molecule has 9 atom stereocenters. The van der Waals surface area contributed by atoms with Crippen LogP contribution in [0.15, 0.2) is 143 Å². The van der Waals surface area contributed by atoms with E-state index >= 15 is 0 Å². The number of aliphatic hydroxyl groups is 1. The number of fused-ring (bicyclic) bond motifs is 10. The number of aliphatic hydroxyl groups excluding tert-OH is 1. The summed E-state index contributed by atoms with van der Waals surface area (Å²) < 4.78 is 6.20. The van der Waals surface area contributed by atoms with Gasteiger partial charge in [-0.1, -0.05) is 122 Å². The van der Waals surface area contributed by atoms with E-state index in [1.54, 1.807) is 0 Å². The fourth-order valence-electron chi connectivity index (χ4n) is 16.5. The number of ether oxygens (including phenoxy) is 1. The molecule has 5 aliphatic carbocycles. The fraction of sp³-hybridized carbons (Fsp3) is 0.614. The summed E-state index contributed by atoms with van der Waals surface area (Å²) in [5.74, 6) is 2.38. The maximum atomic E-state index is 14.4. The first-order valence-electron chi connectivity index (χ1n) is 31.6. The first kappa shape index (κ1) is 56.9. The minimum absolute atomic E-state index is 0.00242. The molecule has 10 rings (SSSR count). The Bertz CT molecular complexity index is 2880. The molecule has 0 radical (unpaired) electrons. The number of esters is 1. The lowest BCUT2D eigenvalue weighted by molar-refractivity contribution is -0.151. The number of carbonyl (C=O) groups is 2.